The molecule has 5 aromatic rings. The molecule has 0 unspecified atom stereocenters. The van der Waals surface area contributed by atoms with Crippen molar-refractivity contribution >= 4 is 45.0 Å². The van der Waals surface area contributed by atoms with E-state index in [0.717, 1.165) is 21.2 Å². The van der Waals surface area contributed by atoms with E-state index in [1.54, 1.807) is 17.6 Å². The van der Waals surface area contributed by atoms with E-state index in [2.05, 4.69) is 15.9 Å². The van der Waals surface area contributed by atoms with Crippen molar-refractivity contribution in [2.75, 3.05) is 6.61 Å². The maximum atomic E-state index is 14.0. The van der Waals surface area contributed by atoms with Crippen molar-refractivity contribution in [1.29, 1.82) is 0 Å². The summed E-state index contributed by atoms with van der Waals surface area (Å²) in [4.78, 5) is 32.8. The summed E-state index contributed by atoms with van der Waals surface area (Å²) < 4.78 is 14.6. The fraction of sp³-hybridized carbons (Fsp3) is 0.0938. The number of carbonyl (C=O) groups is 1. The minimum Gasteiger partial charge on any atom is -0.463 e. The van der Waals surface area contributed by atoms with E-state index in [-0.39, 0.29) is 12.2 Å². The zero-order valence-electron chi connectivity index (χ0n) is 21.4. The number of rotatable bonds is 6. The third-order valence-electron chi connectivity index (χ3n) is 6.50. The first kappa shape index (κ1) is 26.0. The number of furan rings is 1. The molecule has 0 saturated carbocycles. The van der Waals surface area contributed by atoms with Crippen LogP contribution in [0, 0.1) is 0 Å². The minimum atomic E-state index is -0.706. The molecule has 0 N–H and O–H groups in total. The maximum Gasteiger partial charge on any atom is 0.338 e. The number of esters is 1. The monoisotopic (exact) mass is 610 g/mol. The van der Waals surface area contributed by atoms with Crippen LogP contribution in [0.2, 0.25) is 0 Å². The van der Waals surface area contributed by atoms with Crippen LogP contribution in [0.1, 0.15) is 29.9 Å². The van der Waals surface area contributed by atoms with E-state index in [1.165, 1.54) is 11.3 Å². The van der Waals surface area contributed by atoms with Crippen molar-refractivity contribution in [3.8, 4) is 11.3 Å². The highest BCUT2D eigenvalue weighted by molar-refractivity contribution is 9.10. The number of hydrogen-bond donors (Lipinski definition) is 0. The van der Waals surface area contributed by atoms with Gasteiger partial charge in [0.15, 0.2) is 4.80 Å². The molecule has 198 valence electrons. The highest BCUT2D eigenvalue weighted by atomic mass is 79.9. The molecule has 6 rings (SSSR count). The number of benzene rings is 3. The van der Waals surface area contributed by atoms with Gasteiger partial charge < -0.3 is 9.15 Å². The van der Waals surface area contributed by atoms with Gasteiger partial charge in [-0.15, -0.1) is 0 Å². The first-order valence-corrected chi connectivity index (χ1v) is 14.3. The lowest BCUT2D eigenvalue weighted by molar-refractivity contribution is -0.138. The Morgan fingerprint density at radius 1 is 1.00 bits per heavy atom. The summed E-state index contributed by atoms with van der Waals surface area (Å²) in [6.45, 7) is 1.97. The van der Waals surface area contributed by atoms with Gasteiger partial charge in [0, 0.05) is 21.7 Å². The molecule has 1 aliphatic rings. The van der Waals surface area contributed by atoms with Gasteiger partial charge in [0.1, 0.15) is 11.5 Å². The van der Waals surface area contributed by atoms with E-state index in [1.807, 2.05) is 97.1 Å². The number of fused-ring (bicyclic) bond motifs is 1. The maximum absolute atomic E-state index is 14.0. The first-order valence-electron chi connectivity index (χ1n) is 12.7. The summed E-state index contributed by atoms with van der Waals surface area (Å²) in [5.41, 5.74) is 3.05. The molecule has 0 fully saturated rings. The van der Waals surface area contributed by atoms with Crippen LogP contribution in [0.3, 0.4) is 0 Å². The average Bonchev–Trinajstić information content (AvgIpc) is 3.57. The fourth-order valence-electron chi connectivity index (χ4n) is 4.75. The highest BCUT2D eigenvalue weighted by Gasteiger charge is 2.35. The van der Waals surface area contributed by atoms with Crippen molar-refractivity contribution in [3.63, 3.8) is 0 Å². The largest absolute Gasteiger partial charge is 0.463 e. The Labute approximate surface area is 242 Å². The predicted octanol–water partition coefficient (Wildman–Crippen LogP) is 5.96. The lowest BCUT2D eigenvalue weighted by Crippen LogP contribution is -2.39. The lowest BCUT2D eigenvalue weighted by Gasteiger charge is -2.25. The molecule has 0 radical (unpaired) electrons. The van der Waals surface area contributed by atoms with Crippen molar-refractivity contribution < 1.29 is 13.9 Å². The second-order valence-corrected chi connectivity index (χ2v) is 11.0. The molecule has 0 aliphatic carbocycles. The lowest BCUT2D eigenvalue weighted by atomic mass is 9.93. The molecule has 3 heterocycles. The molecular formula is C32H23BrN2O4S. The van der Waals surface area contributed by atoms with Crippen LogP contribution < -0.4 is 14.9 Å². The number of carbonyl (C=O) groups excluding carboxylic acids is 1. The van der Waals surface area contributed by atoms with Crippen LogP contribution in [-0.4, -0.2) is 17.1 Å². The first-order chi connectivity index (χ1) is 19.5. The molecule has 2 aromatic heterocycles. The number of hydrogen-bond acceptors (Lipinski definition) is 6. The van der Waals surface area contributed by atoms with Gasteiger partial charge in [0.25, 0.3) is 5.56 Å². The van der Waals surface area contributed by atoms with E-state index in [9.17, 15) is 9.59 Å². The van der Waals surface area contributed by atoms with Gasteiger partial charge in [0.05, 0.1) is 28.5 Å². The number of aromatic nitrogens is 1. The summed E-state index contributed by atoms with van der Waals surface area (Å²) in [7, 11) is 0. The molecule has 0 amide bonds. The van der Waals surface area contributed by atoms with Gasteiger partial charge in [-0.3, -0.25) is 9.36 Å². The third kappa shape index (κ3) is 4.92. The van der Waals surface area contributed by atoms with E-state index in [4.69, 9.17) is 14.1 Å². The summed E-state index contributed by atoms with van der Waals surface area (Å²) in [6, 6.07) is 29.8. The van der Waals surface area contributed by atoms with Crippen LogP contribution in [0.15, 0.2) is 121 Å². The highest BCUT2D eigenvalue weighted by Crippen LogP contribution is 2.35. The summed E-state index contributed by atoms with van der Waals surface area (Å²) in [5.74, 6) is 0.737. The molecule has 1 atom stereocenters. The van der Waals surface area contributed by atoms with Crippen LogP contribution in [0.25, 0.3) is 23.1 Å². The number of halogens is 1. The molecule has 6 nitrogen and oxygen atoms in total. The summed E-state index contributed by atoms with van der Waals surface area (Å²) in [6.07, 6.45) is 1.73. The quantitative estimate of drug-likeness (QED) is 0.222. The summed E-state index contributed by atoms with van der Waals surface area (Å²) >= 11 is 4.76. The zero-order valence-corrected chi connectivity index (χ0v) is 23.8. The smallest absolute Gasteiger partial charge is 0.338 e. The van der Waals surface area contributed by atoms with Gasteiger partial charge in [0.2, 0.25) is 0 Å². The average molecular weight is 612 g/mol. The van der Waals surface area contributed by atoms with Crippen LogP contribution >= 0.6 is 27.3 Å². The normalized spacial score (nSPS) is 15.1. The minimum absolute atomic E-state index is 0.204. The van der Waals surface area contributed by atoms with E-state index in [0.29, 0.717) is 32.1 Å². The zero-order chi connectivity index (χ0) is 27.6. The van der Waals surface area contributed by atoms with Gasteiger partial charge in [-0.05, 0) is 36.8 Å². The van der Waals surface area contributed by atoms with E-state index >= 15 is 0 Å². The fourth-order valence-corrected chi connectivity index (χ4v) is 6.13. The van der Waals surface area contributed by atoms with E-state index < -0.39 is 12.0 Å². The standard InChI is InChI=1S/C32H23BrN2O4S/c1-2-38-31(37)27-28(20-10-5-3-6-11-20)34-32-35(29(27)21-12-7-4-8-13-21)30(36)26(40-32)19-24-16-17-25(39-24)22-14-9-15-23(33)18-22/h3-19,29H,2H2,1H3/b26-19-/t29-/m1/s1. The number of nitrogens with zero attached hydrogens (tertiary/aromatic N) is 2. The van der Waals surface area contributed by atoms with Crippen molar-refractivity contribution in [1.82, 2.24) is 4.57 Å². The summed E-state index contributed by atoms with van der Waals surface area (Å²) in [5, 5.41) is 0. The molecule has 0 spiro atoms. The Kier molecular flexibility index (Phi) is 7.19. The number of thiazole rings is 1. The van der Waals surface area contributed by atoms with Gasteiger partial charge in [-0.2, -0.15) is 0 Å². The topological polar surface area (TPSA) is 73.8 Å². The Bertz CT molecular complexity index is 1920. The van der Waals surface area contributed by atoms with Crippen LogP contribution in [0.4, 0.5) is 0 Å². The van der Waals surface area contributed by atoms with Crippen molar-refractivity contribution in [2.45, 2.75) is 13.0 Å². The van der Waals surface area contributed by atoms with Crippen molar-refractivity contribution in [3.05, 3.63) is 144 Å². The molecule has 40 heavy (non-hydrogen) atoms. The predicted molar refractivity (Wildman–Crippen MR) is 159 cm³/mol. The Morgan fingerprint density at radius 3 is 2.45 bits per heavy atom. The molecule has 0 bridgehead atoms. The molecule has 1 aliphatic heterocycles. The Balaban J connectivity index is 1.56. The van der Waals surface area contributed by atoms with Gasteiger partial charge in [-0.25, -0.2) is 9.79 Å². The SMILES string of the molecule is CCOC(=O)C1=C(c2ccccc2)N=c2s/c(=C\c3ccc(-c4cccc(Br)c4)o3)c(=O)n2[C@@H]1c1ccccc1. The Hall–Kier alpha value is -4.27. The van der Waals surface area contributed by atoms with Gasteiger partial charge >= 0.3 is 5.97 Å². The number of ether oxygens (including phenoxy) is 1. The molecule has 0 saturated heterocycles. The molecule has 8 heteroatoms. The molecular weight excluding hydrogens is 588 g/mol. The van der Waals surface area contributed by atoms with Crippen LogP contribution in [0.5, 0.6) is 0 Å². The Morgan fingerprint density at radius 2 is 1.73 bits per heavy atom. The second-order valence-electron chi connectivity index (χ2n) is 9.05. The van der Waals surface area contributed by atoms with Crippen LogP contribution in [-0.2, 0) is 9.53 Å². The molecule has 3 aromatic carbocycles. The van der Waals surface area contributed by atoms with Gasteiger partial charge in [-0.1, -0.05) is 100 Å². The van der Waals surface area contributed by atoms with Crippen molar-refractivity contribution in [2.24, 2.45) is 4.99 Å². The second kappa shape index (κ2) is 11.1. The third-order valence-corrected chi connectivity index (χ3v) is 7.97.